The Morgan fingerprint density at radius 1 is 1.03 bits per heavy atom. The molecular formula is C21H15ClN6O. The van der Waals surface area contributed by atoms with Gasteiger partial charge in [0, 0.05) is 35.6 Å². The van der Waals surface area contributed by atoms with Crippen LogP contribution < -0.4 is 5.69 Å². The molecule has 0 aliphatic carbocycles. The van der Waals surface area contributed by atoms with E-state index in [0.717, 1.165) is 33.5 Å². The highest BCUT2D eigenvalue weighted by Crippen LogP contribution is 2.34. The zero-order valence-corrected chi connectivity index (χ0v) is 16.1. The number of aryl methyl sites for hydroxylation is 1. The van der Waals surface area contributed by atoms with Crippen molar-refractivity contribution >= 4 is 22.6 Å². The van der Waals surface area contributed by atoms with E-state index in [9.17, 15) is 4.79 Å². The van der Waals surface area contributed by atoms with Gasteiger partial charge in [0.2, 0.25) is 0 Å². The van der Waals surface area contributed by atoms with Gasteiger partial charge in [-0.05, 0) is 24.3 Å². The molecule has 0 fully saturated rings. The van der Waals surface area contributed by atoms with Crippen molar-refractivity contribution in [1.29, 1.82) is 0 Å². The van der Waals surface area contributed by atoms with Crippen molar-refractivity contribution in [3.05, 3.63) is 76.6 Å². The van der Waals surface area contributed by atoms with Gasteiger partial charge in [-0.1, -0.05) is 29.8 Å². The Labute approximate surface area is 170 Å². The molecule has 0 aliphatic rings. The number of aromatic nitrogens is 6. The largest absolute Gasteiger partial charge is 0.336 e. The van der Waals surface area contributed by atoms with Gasteiger partial charge < -0.3 is 9.97 Å². The first kappa shape index (κ1) is 17.4. The van der Waals surface area contributed by atoms with Gasteiger partial charge in [-0.25, -0.2) is 14.8 Å². The summed E-state index contributed by atoms with van der Waals surface area (Å²) in [6, 6.07) is 13.3. The first-order chi connectivity index (χ1) is 14.1. The van der Waals surface area contributed by atoms with Gasteiger partial charge in [-0.3, -0.25) is 9.55 Å². The second kappa shape index (κ2) is 6.72. The molecule has 0 saturated heterocycles. The second-order valence-electron chi connectivity index (χ2n) is 6.63. The molecule has 0 amide bonds. The van der Waals surface area contributed by atoms with Crippen LogP contribution in [0.25, 0.3) is 45.1 Å². The Bertz CT molecular complexity index is 1400. The van der Waals surface area contributed by atoms with E-state index < -0.39 is 0 Å². The Morgan fingerprint density at radius 3 is 2.72 bits per heavy atom. The third-order valence-corrected chi connectivity index (χ3v) is 5.04. The maximum atomic E-state index is 12.0. The van der Waals surface area contributed by atoms with Crippen LogP contribution in [0.15, 0.2) is 65.8 Å². The van der Waals surface area contributed by atoms with Gasteiger partial charge in [0.25, 0.3) is 0 Å². The van der Waals surface area contributed by atoms with E-state index in [2.05, 4.69) is 19.9 Å². The Balaban J connectivity index is 1.74. The highest BCUT2D eigenvalue weighted by molar-refractivity contribution is 6.30. The molecule has 8 heteroatoms. The van der Waals surface area contributed by atoms with Crippen LogP contribution in [0.4, 0.5) is 0 Å². The summed E-state index contributed by atoms with van der Waals surface area (Å²) in [5.74, 6) is 0.602. The van der Waals surface area contributed by atoms with E-state index >= 15 is 0 Å². The molecule has 0 saturated carbocycles. The van der Waals surface area contributed by atoms with Crippen LogP contribution in [-0.2, 0) is 7.05 Å². The molecule has 0 aliphatic heterocycles. The summed E-state index contributed by atoms with van der Waals surface area (Å²) in [5, 5.41) is 0.625. The normalized spacial score (nSPS) is 11.2. The molecule has 0 unspecified atom stereocenters. The molecular weight excluding hydrogens is 388 g/mol. The molecule has 5 rings (SSSR count). The molecule has 5 aromatic rings. The highest BCUT2D eigenvalue weighted by Gasteiger charge is 2.17. The molecule has 29 heavy (non-hydrogen) atoms. The first-order valence-corrected chi connectivity index (χ1v) is 9.29. The van der Waals surface area contributed by atoms with E-state index in [4.69, 9.17) is 16.6 Å². The standard InChI is InChI=1S/C21H15ClN6O/c1-28-17-6-5-13(10-15(17)25-21(28)29)19-18(12-3-2-4-14(22)9-12)26-20(27-19)16-11-23-7-8-24-16/h2-11H,1H3,(H,25,29)(H,26,27). The summed E-state index contributed by atoms with van der Waals surface area (Å²) in [7, 11) is 1.74. The van der Waals surface area contributed by atoms with Gasteiger partial charge in [0.05, 0.1) is 28.6 Å². The number of nitrogens with one attached hydrogen (secondary N) is 2. The highest BCUT2D eigenvalue weighted by atomic mass is 35.5. The van der Waals surface area contributed by atoms with Crippen molar-refractivity contribution in [3.63, 3.8) is 0 Å². The molecule has 0 spiro atoms. The SMILES string of the molecule is Cn1c(=O)[nH]c2cc(-c3[nH]c(-c4cnccn4)nc3-c3cccc(Cl)c3)ccc21. The fourth-order valence-corrected chi connectivity index (χ4v) is 3.55. The van der Waals surface area contributed by atoms with E-state index in [0.29, 0.717) is 16.5 Å². The molecule has 142 valence electrons. The molecule has 3 aromatic heterocycles. The number of imidazole rings is 2. The fraction of sp³-hybridized carbons (Fsp3) is 0.0476. The van der Waals surface area contributed by atoms with Crippen LogP contribution in [0.1, 0.15) is 0 Å². The van der Waals surface area contributed by atoms with Gasteiger partial charge in [-0.15, -0.1) is 0 Å². The third kappa shape index (κ3) is 3.01. The minimum Gasteiger partial charge on any atom is -0.336 e. The van der Waals surface area contributed by atoms with E-state index in [1.807, 2.05) is 42.5 Å². The maximum absolute atomic E-state index is 12.0. The van der Waals surface area contributed by atoms with Gasteiger partial charge >= 0.3 is 5.69 Å². The van der Waals surface area contributed by atoms with Crippen molar-refractivity contribution in [2.24, 2.45) is 7.05 Å². The number of halogens is 1. The lowest BCUT2D eigenvalue weighted by atomic mass is 10.0. The number of fused-ring (bicyclic) bond motifs is 1. The summed E-state index contributed by atoms with van der Waals surface area (Å²) < 4.78 is 1.58. The summed E-state index contributed by atoms with van der Waals surface area (Å²) in [6.45, 7) is 0. The van der Waals surface area contributed by atoms with Crippen LogP contribution in [0.2, 0.25) is 5.02 Å². The van der Waals surface area contributed by atoms with Crippen LogP contribution in [-0.4, -0.2) is 29.5 Å². The van der Waals surface area contributed by atoms with Crippen LogP contribution >= 0.6 is 11.6 Å². The maximum Gasteiger partial charge on any atom is 0.326 e. The van der Waals surface area contributed by atoms with Crippen molar-refractivity contribution < 1.29 is 0 Å². The number of benzene rings is 2. The lowest BCUT2D eigenvalue weighted by molar-refractivity contribution is 0.891. The lowest BCUT2D eigenvalue weighted by Crippen LogP contribution is -2.11. The number of nitrogens with zero attached hydrogens (tertiary/aromatic N) is 4. The number of H-pyrrole nitrogens is 2. The number of rotatable bonds is 3. The number of hydrogen-bond acceptors (Lipinski definition) is 4. The van der Waals surface area contributed by atoms with Crippen LogP contribution in [0.3, 0.4) is 0 Å². The van der Waals surface area contributed by atoms with Crippen LogP contribution in [0, 0.1) is 0 Å². The Morgan fingerprint density at radius 2 is 1.93 bits per heavy atom. The lowest BCUT2D eigenvalue weighted by Gasteiger charge is -2.04. The second-order valence-corrected chi connectivity index (χ2v) is 7.07. The van der Waals surface area contributed by atoms with E-state index in [-0.39, 0.29) is 5.69 Å². The molecule has 2 N–H and O–H groups in total. The molecule has 0 radical (unpaired) electrons. The topological polar surface area (TPSA) is 92.2 Å². The Hall–Kier alpha value is -3.71. The minimum atomic E-state index is -0.155. The van der Waals surface area contributed by atoms with Crippen molar-refractivity contribution in [2.75, 3.05) is 0 Å². The van der Waals surface area contributed by atoms with Crippen molar-refractivity contribution in [2.45, 2.75) is 0 Å². The summed E-state index contributed by atoms with van der Waals surface area (Å²) in [5.41, 5.74) is 5.37. The number of aromatic amines is 2. The predicted octanol–water partition coefficient (Wildman–Crippen LogP) is 4.03. The monoisotopic (exact) mass is 402 g/mol. The summed E-state index contributed by atoms with van der Waals surface area (Å²) >= 11 is 6.21. The van der Waals surface area contributed by atoms with Crippen molar-refractivity contribution in [1.82, 2.24) is 29.5 Å². The van der Waals surface area contributed by atoms with E-state index in [1.165, 1.54) is 0 Å². The van der Waals surface area contributed by atoms with Gasteiger partial charge in [-0.2, -0.15) is 0 Å². The van der Waals surface area contributed by atoms with Crippen molar-refractivity contribution in [3.8, 4) is 34.0 Å². The summed E-state index contributed by atoms with van der Waals surface area (Å²) in [6.07, 6.45) is 4.89. The average Bonchev–Trinajstić information content (AvgIpc) is 3.30. The molecule has 7 nitrogen and oxygen atoms in total. The number of hydrogen-bond donors (Lipinski definition) is 2. The summed E-state index contributed by atoms with van der Waals surface area (Å²) in [4.78, 5) is 31.4. The third-order valence-electron chi connectivity index (χ3n) is 4.80. The quantitative estimate of drug-likeness (QED) is 0.476. The smallest absolute Gasteiger partial charge is 0.326 e. The zero-order valence-electron chi connectivity index (χ0n) is 15.3. The van der Waals surface area contributed by atoms with E-state index in [1.54, 1.807) is 30.2 Å². The minimum absolute atomic E-state index is 0.155. The molecule has 0 bridgehead atoms. The van der Waals surface area contributed by atoms with Crippen LogP contribution in [0.5, 0.6) is 0 Å². The molecule has 3 heterocycles. The zero-order chi connectivity index (χ0) is 20.0. The molecule has 0 atom stereocenters. The first-order valence-electron chi connectivity index (χ1n) is 8.91. The Kier molecular flexibility index (Phi) is 4.03. The van der Waals surface area contributed by atoms with Gasteiger partial charge in [0.1, 0.15) is 5.69 Å². The molecule has 2 aromatic carbocycles. The predicted molar refractivity (Wildman–Crippen MR) is 113 cm³/mol. The average molecular weight is 403 g/mol. The fourth-order valence-electron chi connectivity index (χ4n) is 3.36. The van der Waals surface area contributed by atoms with Gasteiger partial charge in [0.15, 0.2) is 5.82 Å².